The standard InChI is InChI=1S/C39H38N4O5/c44-29-13-14-31-35(21-29)48-24-33(25-5-2-1-3-6-25)37(31)26-9-11-28(12-10-26)42-19-17-41(18-20-42)22-27-7-4-8-30-32(27)23-43(39(30)47)34-15-16-36(45)40-38(34)46/h1-14,21,33-34,37,44H,15-20,22-24H2,(H,40,45,46)/t33-,34?,37-/m0/s1. The van der Waals surface area contributed by atoms with E-state index in [1.54, 1.807) is 17.0 Å². The van der Waals surface area contributed by atoms with Crippen LogP contribution < -0.4 is 15.0 Å². The van der Waals surface area contributed by atoms with Gasteiger partial charge in [0.15, 0.2) is 0 Å². The molecule has 4 aromatic rings. The number of fused-ring (bicyclic) bond motifs is 2. The van der Waals surface area contributed by atoms with Crippen LogP contribution >= 0.6 is 0 Å². The van der Waals surface area contributed by atoms with Gasteiger partial charge in [-0.1, -0.05) is 60.7 Å². The Kier molecular flexibility index (Phi) is 7.84. The van der Waals surface area contributed by atoms with Gasteiger partial charge in [0, 0.05) is 80.4 Å². The van der Waals surface area contributed by atoms with Crippen LogP contribution in [0.5, 0.6) is 11.5 Å². The predicted octanol–water partition coefficient (Wildman–Crippen LogP) is 4.78. The van der Waals surface area contributed by atoms with Gasteiger partial charge in [0.25, 0.3) is 5.91 Å². The molecule has 4 aliphatic rings. The summed E-state index contributed by atoms with van der Waals surface area (Å²) in [4.78, 5) is 43.9. The van der Waals surface area contributed by atoms with Crippen LogP contribution in [-0.2, 0) is 22.7 Å². The minimum Gasteiger partial charge on any atom is -0.508 e. The monoisotopic (exact) mass is 642 g/mol. The van der Waals surface area contributed by atoms with E-state index in [1.807, 2.05) is 24.3 Å². The number of aromatic hydroxyl groups is 1. The maximum absolute atomic E-state index is 13.3. The summed E-state index contributed by atoms with van der Waals surface area (Å²) in [6.07, 6.45) is 0.614. The SMILES string of the molecule is O=C1CCC(N2Cc3c(CN4CCN(c5ccc([C@H]6c7ccc(O)cc7OC[C@H]6c6ccccc6)cc5)CC4)cccc3C2=O)C(=O)N1. The van der Waals surface area contributed by atoms with E-state index in [0.29, 0.717) is 25.1 Å². The Morgan fingerprint density at radius 2 is 1.62 bits per heavy atom. The second-order valence-electron chi connectivity index (χ2n) is 13.2. The van der Waals surface area contributed by atoms with Crippen molar-refractivity contribution in [1.29, 1.82) is 0 Å². The Hall–Kier alpha value is -5.15. The van der Waals surface area contributed by atoms with Gasteiger partial charge in [0.05, 0.1) is 6.61 Å². The zero-order valence-corrected chi connectivity index (χ0v) is 26.7. The lowest BCUT2D eigenvalue weighted by molar-refractivity contribution is -0.136. The zero-order chi connectivity index (χ0) is 32.8. The zero-order valence-electron chi connectivity index (χ0n) is 26.7. The highest BCUT2D eigenvalue weighted by Crippen LogP contribution is 2.47. The highest BCUT2D eigenvalue weighted by atomic mass is 16.5. The number of hydrogen-bond acceptors (Lipinski definition) is 7. The fourth-order valence-corrected chi connectivity index (χ4v) is 7.89. The van der Waals surface area contributed by atoms with Gasteiger partial charge in [-0.3, -0.25) is 24.6 Å². The summed E-state index contributed by atoms with van der Waals surface area (Å²) >= 11 is 0. The summed E-state index contributed by atoms with van der Waals surface area (Å²) in [5.74, 6) is 0.416. The van der Waals surface area contributed by atoms with Crippen LogP contribution in [0.2, 0.25) is 0 Å². The van der Waals surface area contributed by atoms with Gasteiger partial charge in [0.1, 0.15) is 17.5 Å². The number of phenolic OH excluding ortho intramolecular Hbond substituents is 1. The van der Waals surface area contributed by atoms with Crippen molar-refractivity contribution in [3.8, 4) is 11.5 Å². The minimum atomic E-state index is -0.607. The van der Waals surface area contributed by atoms with Crippen LogP contribution in [0.4, 0.5) is 5.69 Å². The number of ether oxygens (including phenoxy) is 1. The number of rotatable bonds is 6. The first-order valence-corrected chi connectivity index (χ1v) is 16.8. The van der Waals surface area contributed by atoms with Crippen molar-refractivity contribution in [2.45, 2.75) is 43.8 Å². The molecule has 0 saturated carbocycles. The summed E-state index contributed by atoms with van der Waals surface area (Å²) in [5, 5.41) is 12.5. The van der Waals surface area contributed by atoms with Crippen LogP contribution in [0.1, 0.15) is 62.9 Å². The number of benzene rings is 4. The molecule has 2 saturated heterocycles. The number of carbonyl (C=O) groups excluding carboxylic acids is 3. The Balaban J connectivity index is 0.944. The first-order valence-electron chi connectivity index (χ1n) is 16.8. The van der Waals surface area contributed by atoms with Crippen molar-refractivity contribution in [3.05, 3.63) is 124 Å². The molecule has 0 radical (unpaired) electrons. The Bertz CT molecular complexity index is 1870. The average molecular weight is 643 g/mol. The minimum absolute atomic E-state index is 0.105. The number of nitrogens with one attached hydrogen (secondary N) is 1. The van der Waals surface area contributed by atoms with Crippen molar-refractivity contribution in [3.63, 3.8) is 0 Å². The van der Waals surface area contributed by atoms with Crippen molar-refractivity contribution in [2.24, 2.45) is 0 Å². The van der Waals surface area contributed by atoms with Crippen LogP contribution in [0.15, 0.2) is 91.0 Å². The fourth-order valence-electron chi connectivity index (χ4n) is 7.89. The van der Waals surface area contributed by atoms with Crippen LogP contribution in [0, 0.1) is 0 Å². The number of amides is 3. The van der Waals surface area contributed by atoms with E-state index >= 15 is 0 Å². The van der Waals surface area contributed by atoms with Gasteiger partial charge < -0.3 is 19.6 Å². The Morgan fingerprint density at radius 3 is 2.40 bits per heavy atom. The van der Waals surface area contributed by atoms with Crippen LogP contribution in [0.25, 0.3) is 0 Å². The van der Waals surface area contributed by atoms with Crippen molar-refractivity contribution < 1.29 is 24.2 Å². The number of hydrogen-bond donors (Lipinski definition) is 2. The molecule has 0 spiro atoms. The summed E-state index contributed by atoms with van der Waals surface area (Å²) in [6.45, 7) is 5.25. The molecule has 3 amide bonds. The maximum Gasteiger partial charge on any atom is 0.255 e. The number of imide groups is 1. The van der Waals surface area contributed by atoms with Crippen LogP contribution in [0.3, 0.4) is 0 Å². The number of anilines is 1. The molecule has 4 heterocycles. The third-order valence-electron chi connectivity index (χ3n) is 10.4. The fraction of sp³-hybridized carbons (Fsp3) is 0.308. The number of nitrogens with zero attached hydrogens (tertiary/aromatic N) is 3. The summed E-state index contributed by atoms with van der Waals surface area (Å²) in [7, 11) is 0. The lowest BCUT2D eigenvalue weighted by Gasteiger charge is -2.37. The molecule has 4 aromatic carbocycles. The lowest BCUT2D eigenvalue weighted by atomic mass is 9.76. The van der Waals surface area contributed by atoms with Gasteiger partial charge in [-0.25, -0.2) is 0 Å². The molecule has 244 valence electrons. The first kappa shape index (κ1) is 30.2. The van der Waals surface area contributed by atoms with E-state index < -0.39 is 6.04 Å². The predicted molar refractivity (Wildman–Crippen MR) is 181 cm³/mol. The van der Waals surface area contributed by atoms with E-state index in [9.17, 15) is 19.5 Å². The largest absolute Gasteiger partial charge is 0.508 e. The van der Waals surface area contributed by atoms with Crippen molar-refractivity contribution >= 4 is 23.4 Å². The molecule has 2 fully saturated rings. The first-order chi connectivity index (χ1) is 23.4. The molecule has 9 nitrogen and oxygen atoms in total. The molecule has 0 bridgehead atoms. The second kappa shape index (κ2) is 12.5. The number of phenols is 1. The smallest absolute Gasteiger partial charge is 0.255 e. The Morgan fingerprint density at radius 1 is 0.833 bits per heavy atom. The molecular formula is C39H38N4O5. The summed E-state index contributed by atoms with van der Waals surface area (Å²) in [5.41, 5.74) is 7.51. The van der Waals surface area contributed by atoms with E-state index in [1.165, 1.54) is 16.8 Å². The Labute approximate surface area is 279 Å². The van der Waals surface area contributed by atoms with Gasteiger partial charge >= 0.3 is 0 Å². The highest BCUT2D eigenvalue weighted by Gasteiger charge is 2.40. The second-order valence-corrected chi connectivity index (χ2v) is 13.2. The van der Waals surface area contributed by atoms with Gasteiger partial charge in [0.2, 0.25) is 11.8 Å². The quantitative estimate of drug-likeness (QED) is 0.292. The third kappa shape index (κ3) is 5.58. The molecule has 0 aromatic heterocycles. The molecule has 0 aliphatic carbocycles. The molecule has 9 heteroatoms. The van der Waals surface area contributed by atoms with Crippen molar-refractivity contribution in [2.75, 3.05) is 37.7 Å². The van der Waals surface area contributed by atoms with E-state index in [-0.39, 0.29) is 41.7 Å². The van der Waals surface area contributed by atoms with Gasteiger partial charge in [-0.15, -0.1) is 0 Å². The van der Waals surface area contributed by atoms with E-state index in [2.05, 4.69) is 69.7 Å². The van der Waals surface area contributed by atoms with Crippen LogP contribution in [-0.4, -0.2) is 71.5 Å². The van der Waals surface area contributed by atoms with E-state index in [4.69, 9.17) is 4.74 Å². The summed E-state index contributed by atoms with van der Waals surface area (Å²) in [6, 6.07) is 30.1. The maximum atomic E-state index is 13.3. The molecule has 48 heavy (non-hydrogen) atoms. The van der Waals surface area contributed by atoms with E-state index in [0.717, 1.165) is 55.2 Å². The number of carbonyl (C=O) groups is 3. The molecule has 8 rings (SSSR count). The van der Waals surface area contributed by atoms with Gasteiger partial charge in [-0.05, 0) is 52.9 Å². The normalized spacial score (nSPS) is 22.6. The number of piperidine rings is 1. The molecule has 4 aliphatic heterocycles. The van der Waals surface area contributed by atoms with Crippen molar-refractivity contribution in [1.82, 2.24) is 15.1 Å². The molecule has 1 unspecified atom stereocenters. The molecule has 2 N–H and O–H groups in total. The number of piperazine rings is 1. The topological polar surface area (TPSA) is 102 Å². The molecule has 3 atom stereocenters. The summed E-state index contributed by atoms with van der Waals surface area (Å²) < 4.78 is 6.15. The van der Waals surface area contributed by atoms with Gasteiger partial charge in [-0.2, -0.15) is 0 Å². The third-order valence-corrected chi connectivity index (χ3v) is 10.4. The average Bonchev–Trinajstić information content (AvgIpc) is 3.45. The highest BCUT2D eigenvalue weighted by molar-refractivity contribution is 6.05. The lowest BCUT2D eigenvalue weighted by Crippen LogP contribution is -2.52. The molecular weight excluding hydrogens is 604 g/mol.